The summed E-state index contributed by atoms with van der Waals surface area (Å²) in [6, 6.07) is 14.0. The van der Waals surface area contributed by atoms with Gasteiger partial charge in [0.05, 0.1) is 6.54 Å². The largest absolute Gasteiger partial charge is 0.483 e. The molecule has 2 saturated heterocycles. The Labute approximate surface area is 171 Å². The van der Waals surface area contributed by atoms with Crippen molar-refractivity contribution in [3.05, 3.63) is 42.5 Å². The third kappa shape index (κ3) is 4.39. The molecule has 2 amide bonds. The Bertz CT molecular complexity index is 839. The van der Waals surface area contributed by atoms with E-state index in [1.54, 1.807) is 0 Å². The van der Waals surface area contributed by atoms with Crippen LogP contribution in [0.15, 0.2) is 42.5 Å². The summed E-state index contributed by atoms with van der Waals surface area (Å²) in [4.78, 5) is 28.6. The number of carbonyl (C=O) groups is 2. The van der Waals surface area contributed by atoms with E-state index in [-0.39, 0.29) is 36.9 Å². The van der Waals surface area contributed by atoms with Crippen molar-refractivity contribution in [1.82, 2.24) is 15.1 Å². The van der Waals surface area contributed by atoms with Crippen LogP contribution in [0.2, 0.25) is 0 Å². The molecule has 28 heavy (non-hydrogen) atoms. The number of likely N-dealkylation sites (tertiary alicyclic amines) is 1. The smallest absolute Gasteiger partial charge is 0.260 e. The fourth-order valence-corrected chi connectivity index (χ4v) is 4.00. The topological polar surface area (TPSA) is 61.9 Å². The quantitative estimate of drug-likeness (QED) is 0.848. The average molecular weight is 404 g/mol. The Morgan fingerprint density at radius 2 is 1.96 bits per heavy atom. The zero-order chi connectivity index (χ0) is 18.6. The molecule has 2 aliphatic rings. The van der Waals surface area contributed by atoms with Crippen molar-refractivity contribution in [2.45, 2.75) is 18.9 Å². The summed E-state index contributed by atoms with van der Waals surface area (Å²) in [5.41, 5.74) is 0. The molecule has 0 spiro atoms. The van der Waals surface area contributed by atoms with Crippen LogP contribution in [0.4, 0.5) is 0 Å². The van der Waals surface area contributed by atoms with Crippen LogP contribution in [0.1, 0.15) is 12.8 Å². The van der Waals surface area contributed by atoms with Gasteiger partial charge in [0.25, 0.3) is 5.91 Å². The van der Waals surface area contributed by atoms with Crippen LogP contribution in [0.3, 0.4) is 0 Å². The highest BCUT2D eigenvalue weighted by molar-refractivity contribution is 5.88. The Hall–Kier alpha value is -2.31. The van der Waals surface area contributed by atoms with Crippen LogP contribution < -0.4 is 10.1 Å². The first-order valence-electron chi connectivity index (χ1n) is 9.61. The number of rotatable bonds is 4. The second-order valence-electron chi connectivity index (χ2n) is 7.17. The van der Waals surface area contributed by atoms with Gasteiger partial charge in [0.1, 0.15) is 5.75 Å². The second-order valence-corrected chi connectivity index (χ2v) is 7.17. The highest BCUT2D eigenvalue weighted by Crippen LogP contribution is 2.25. The zero-order valence-electron chi connectivity index (χ0n) is 15.8. The number of piperazine rings is 1. The molecule has 2 aromatic carbocycles. The Balaban J connectivity index is 0.00000225. The van der Waals surface area contributed by atoms with Crippen molar-refractivity contribution in [3.8, 4) is 5.75 Å². The van der Waals surface area contributed by atoms with Gasteiger partial charge in [0, 0.05) is 37.6 Å². The molecule has 7 heteroatoms. The lowest BCUT2D eigenvalue weighted by Crippen LogP contribution is -2.57. The first-order chi connectivity index (χ1) is 13.2. The SMILES string of the molecule is Cl.O=C(COc1cccc2ccccc12)N1CCCC(N2CCNCC2=O)C1. The van der Waals surface area contributed by atoms with Gasteiger partial charge < -0.3 is 19.9 Å². The summed E-state index contributed by atoms with van der Waals surface area (Å²) < 4.78 is 5.85. The standard InChI is InChI=1S/C21H25N3O3.ClH/c25-20-13-22-10-12-24(20)17-7-4-11-23(14-17)21(26)15-27-19-9-3-6-16-5-1-2-8-18(16)19;/h1-3,5-6,8-9,17,22H,4,7,10-15H2;1H. The minimum atomic E-state index is -0.0183. The lowest BCUT2D eigenvalue weighted by molar-refractivity contribution is -0.141. The fraction of sp³-hybridized carbons (Fsp3) is 0.429. The van der Waals surface area contributed by atoms with Crippen LogP contribution in [0.5, 0.6) is 5.75 Å². The van der Waals surface area contributed by atoms with Gasteiger partial charge in [-0.25, -0.2) is 0 Å². The minimum Gasteiger partial charge on any atom is -0.483 e. The lowest BCUT2D eigenvalue weighted by Gasteiger charge is -2.41. The third-order valence-electron chi connectivity index (χ3n) is 5.42. The molecule has 2 aromatic rings. The Morgan fingerprint density at radius 3 is 2.82 bits per heavy atom. The number of nitrogens with zero attached hydrogens (tertiary/aromatic N) is 2. The predicted molar refractivity (Wildman–Crippen MR) is 111 cm³/mol. The lowest BCUT2D eigenvalue weighted by atomic mass is 10.0. The van der Waals surface area contributed by atoms with Gasteiger partial charge in [-0.1, -0.05) is 36.4 Å². The van der Waals surface area contributed by atoms with Crippen molar-refractivity contribution in [3.63, 3.8) is 0 Å². The maximum Gasteiger partial charge on any atom is 0.260 e. The summed E-state index contributed by atoms with van der Waals surface area (Å²) in [5.74, 6) is 0.843. The number of hydrogen-bond acceptors (Lipinski definition) is 4. The molecule has 0 aliphatic carbocycles. The number of hydrogen-bond donors (Lipinski definition) is 1. The van der Waals surface area contributed by atoms with E-state index < -0.39 is 0 Å². The van der Waals surface area contributed by atoms with E-state index in [4.69, 9.17) is 4.74 Å². The molecule has 1 atom stereocenters. The van der Waals surface area contributed by atoms with Crippen LogP contribution in [-0.2, 0) is 9.59 Å². The molecule has 0 saturated carbocycles. The van der Waals surface area contributed by atoms with Crippen molar-refractivity contribution >= 4 is 35.0 Å². The highest BCUT2D eigenvalue weighted by atomic mass is 35.5. The minimum absolute atomic E-state index is 0. The molecule has 0 bridgehead atoms. The van der Waals surface area contributed by atoms with Crippen LogP contribution in [0, 0.1) is 0 Å². The molecule has 0 radical (unpaired) electrons. The van der Waals surface area contributed by atoms with Gasteiger partial charge in [-0.05, 0) is 24.3 Å². The van der Waals surface area contributed by atoms with E-state index in [1.165, 1.54) is 0 Å². The molecule has 150 valence electrons. The number of amides is 2. The van der Waals surface area contributed by atoms with E-state index in [1.807, 2.05) is 52.3 Å². The molecule has 4 rings (SSSR count). The maximum absolute atomic E-state index is 12.7. The molecule has 6 nitrogen and oxygen atoms in total. The number of piperidine rings is 1. The van der Waals surface area contributed by atoms with E-state index in [2.05, 4.69) is 5.32 Å². The molecule has 2 aliphatic heterocycles. The van der Waals surface area contributed by atoms with E-state index in [0.717, 1.165) is 49.0 Å². The number of benzene rings is 2. The maximum atomic E-state index is 12.7. The Morgan fingerprint density at radius 1 is 1.14 bits per heavy atom. The van der Waals surface area contributed by atoms with Crippen LogP contribution in [0.25, 0.3) is 10.8 Å². The molecule has 2 heterocycles. The normalized spacial score (nSPS) is 20.0. The van der Waals surface area contributed by atoms with E-state index in [0.29, 0.717) is 13.1 Å². The van der Waals surface area contributed by atoms with Crippen LogP contribution in [-0.4, -0.2) is 67.0 Å². The fourth-order valence-electron chi connectivity index (χ4n) is 4.00. The number of fused-ring (bicyclic) bond motifs is 1. The van der Waals surface area contributed by atoms with Crippen molar-refractivity contribution in [1.29, 1.82) is 0 Å². The summed E-state index contributed by atoms with van der Waals surface area (Å²) in [6.45, 7) is 3.29. The average Bonchev–Trinajstić information content (AvgIpc) is 2.72. The molecule has 2 fully saturated rings. The highest BCUT2D eigenvalue weighted by Gasteiger charge is 2.31. The second kappa shape index (κ2) is 9.26. The van der Waals surface area contributed by atoms with E-state index in [9.17, 15) is 9.59 Å². The molecular formula is C21H26ClN3O3. The number of ether oxygens (including phenoxy) is 1. The van der Waals surface area contributed by atoms with Crippen LogP contribution >= 0.6 is 12.4 Å². The summed E-state index contributed by atoms with van der Waals surface area (Å²) >= 11 is 0. The molecule has 1 unspecified atom stereocenters. The van der Waals surface area contributed by atoms with E-state index >= 15 is 0 Å². The number of nitrogens with one attached hydrogen (secondary N) is 1. The van der Waals surface area contributed by atoms with Crippen molar-refractivity contribution in [2.24, 2.45) is 0 Å². The van der Waals surface area contributed by atoms with Gasteiger partial charge in [0.15, 0.2) is 6.61 Å². The summed E-state index contributed by atoms with van der Waals surface area (Å²) in [6.07, 6.45) is 1.88. The first-order valence-corrected chi connectivity index (χ1v) is 9.61. The summed E-state index contributed by atoms with van der Waals surface area (Å²) in [7, 11) is 0. The van der Waals surface area contributed by atoms with Gasteiger partial charge in [-0.15, -0.1) is 12.4 Å². The van der Waals surface area contributed by atoms with Crippen molar-refractivity contribution < 1.29 is 14.3 Å². The predicted octanol–water partition coefficient (Wildman–Crippen LogP) is 2.06. The zero-order valence-corrected chi connectivity index (χ0v) is 16.6. The third-order valence-corrected chi connectivity index (χ3v) is 5.42. The molecule has 0 aromatic heterocycles. The number of halogens is 1. The van der Waals surface area contributed by atoms with Gasteiger partial charge in [-0.3, -0.25) is 9.59 Å². The monoisotopic (exact) mass is 403 g/mol. The first kappa shape index (κ1) is 20.4. The van der Waals surface area contributed by atoms with Crippen molar-refractivity contribution in [2.75, 3.05) is 39.3 Å². The number of carbonyl (C=O) groups excluding carboxylic acids is 2. The Kier molecular flexibility index (Phi) is 6.75. The summed E-state index contributed by atoms with van der Waals surface area (Å²) in [5, 5.41) is 5.20. The molecular weight excluding hydrogens is 378 g/mol. The van der Waals surface area contributed by atoms with Gasteiger partial charge in [-0.2, -0.15) is 0 Å². The molecule has 1 N–H and O–H groups in total. The van der Waals surface area contributed by atoms with Gasteiger partial charge >= 0.3 is 0 Å². The van der Waals surface area contributed by atoms with Gasteiger partial charge in [0.2, 0.25) is 5.91 Å².